The van der Waals surface area contributed by atoms with E-state index in [9.17, 15) is 14.9 Å². The maximum Gasteiger partial charge on any atom is 0.333 e. The molecule has 0 saturated heterocycles. The van der Waals surface area contributed by atoms with Crippen LogP contribution in [0.15, 0.2) is 45.3 Å². The summed E-state index contributed by atoms with van der Waals surface area (Å²) >= 11 is 0. The lowest BCUT2D eigenvalue weighted by Crippen LogP contribution is -2.42. The van der Waals surface area contributed by atoms with Crippen LogP contribution < -0.4 is 21.7 Å². The van der Waals surface area contributed by atoms with E-state index in [1.807, 2.05) is 37.3 Å². The van der Waals surface area contributed by atoms with E-state index in [0.29, 0.717) is 0 Å². The SMILES string of the molecule is Cc1cccc([C@H]2C(C#N)=C(N)Oc3c2c(=O)n(C)c(=O)n3C)c1. The number of hydrogen-bond acceptors (Lipinski definition) is 5. The Labute approximate surface area is 137 Å². The van der Waals surface area contributed by atoms with E-state index in [-0.39, 0.29) is 22.9 Å². The third-order valence-corrected chi connectivity index (χ3v) is 4.19. The summed E-state index contributed by atoms with van der Waals surface area (Å²) < 4.78 is 7.67. The molecule has 0 spiro atoms. The Balaban J connectivity index is 2.44. The van der Waals surface area contributed by atoms with Gasteiger partial charge in [-0.1, -0.05) is 29.8 Å². The van der Waals surface area contributed by atoms with Gasteiger partial charge in [-0.15, -0.1) is 0 Å². The number of benzene rings is 1. The second kappa shape index (κ2) is 5.42. The Bertz CT molecular complexity index is 1040. The summed E-state index contributed by atoms with van der Waals surface area (Å²) in [6.45, 7) is 1.92. The van der Waals surface area contributed by atoms with Crippen LogP contribution in [-0.2, 0) is 14.1 Å². The molecule has 3 rings (SSSR count). The van der Waals surface area contributed by atoms with Crippen LogP contribution in [0.1, 0.15) is 22.6 Å². The second-order valence-corrected chi connectivity index (χ2v) is 5.76. The van der Waals surface area contributed by atoms with E-state index in [2.05, 4.69) is 0 Å². The fourth-order valence-corrected chi connectivity index (χ4v) is 2.97. The monoisotopic (exact) mass is 324 g/mol. The number of aromatic nitrogens is 2. The fourth-order valence-electron chi connectivity index (χ4n) is 2.97. The molecule has 24 heavy (non-hydrogen) atoms. The van der Waals surface area contributed by atoms with Crippen molar-refractivity contribution in [3.63, 3.8) is 0 Å². The number of aryl methyl sites for hydroxylation is 1. The normalized spacial score (nSPS) is 16.3. The van der Waals surface area contributed by atoms with Crippen LogP contribution in [0.4, 0.5) is 0 Å². The van der Waals surface area contributed by atoms with Gasteiger partial charge in [-0.25, -0.2) is 4.79 Å². The van der Waals surface area contributed by atoms with Gasteiger partial charge in [0.15, 0.2) is 0 Å². The van der Waals surface area contributed by atoms with Crippen molar-refractivity contribution in [3.8, 4) is 11.9 Å². The molecular weight excluding hydrogens is 308 g/mol. The van der Waals surface area contributed by atoms with Crippen molar-refractivity contribution in [2.45, 2.75) is 12.8 Å². The quantitative estimate of drug-likeness (QED) is 0.828. The first-order chi connectivity index (χ1) is 11.4. The number of rotatable bonds is 1. The summed E-state index contributed by atoms with van der Waals surface area (Å²) in [6.07, 6.45) is 0. The Hall–Kier alpha value is -3.27. The highest BCUT2D eigenvalue weighted by Gasteiger charge is 2.35. The molecule has 122 valence electrons. The van der Waals surface area contributed by atoms with Gasteiger partial charge in [0.1, 0.15) is 11.6 Å². The molecule has 2 heterocycles. The van der Waals surface area contributed by atoms with E-state index in [4.69, 9.17) is 10.5 Å². The van der Waals surface area contributed by atoms with E-state index >= 15 is 0 Å². The highest BCUT2D eigenvalue weighted by Crippen LogP contribution is 2.39. The Kier molecular flexibility index (Phi) is 3.53. The van der Waals surface area contributed by atoms with Gasteiger partial charge in [0.2, 0.25) is 11.8 Å². The van der Waals surface area contributed by atoms with E-state index < -0.39 is 17.2 Å². The highest BCUT2D eigenvalue weighted by molar-refractivity contribution is 5.53. The summed E-state index contributed by atoms with van der Waals surface area (Å²) in [5.74, 6) is -0.699. The second-order valence-electron chi connectivity index (χ2n) is 5.76. The van der Waals surface area contributed by atoms with E-state index in [0.717, 1.165) is 15.7 Å². The number of ether oxygens (including phenoxy) is 1. The van der Waals surface area contributed by atoms with Crippen LogP contribution in [0.2, 0.25) is 0 Å². The number of fused-ring (bicyclic) bond motifs is 1. The van der Waals surface area contributed by atoms with Gasteiger partial charge in [-0.2, -0.15) is 5.26 Å². The topological polar surface area (TPSA) is 103 Å². The van der Waals surface area contributed by atoms with Gasteiger partial charge in [-0.05, 0) is 12.5 Å². The van der Waals surface area contributed by atoms with Crippen LogP contribution in [0, 0.1) is 18.3 Å². The van der Waals surface area contributed by atoms with Crippen LogP contribution in [0.5, 0.6) is 5.88 Å². The van der Waals surface area contributed by atoms with E-state index in [1.165, 1.54) is 18.7 Å². The standard InChI is InChI=1S/C17H16N4O3/c1-9-5-4-6-10(7-9)12-11(8-18)14(19)24-16-13(12)15(22)20(2)17(23)21(16)3/h4-7,12H,19H2,1-3H3/t12-/m0/s1. The Morgan fingerprint density at radius 2 is 1.96 bits per heavy atom. The third kappa shape index (κ3) is 2.12. The number of nitrogens with two attached hydrogens (primary N) is 1. The summed E-state index contributed by atoms with van der Waals surface area (Å²) in [5.41, 5.74) is 6.99. The van der Waals surface area contributed by atoms with Crippen molar-refractivity contribution in [1.29, 1.82) is 5.26 Å². The van der Waals surface area contributed by atoms with Gasteiger partial charge in [-0.3, -0.25) is 13.9 Å². The molecule has 0 fully saturated rings. The number of nitriles is 1. The number of nitrogens with zero attached hydrogens (tertiary/aromatic N) is 3. The highest BCUT2D eigenvalue weighted by atomic mass is 16.5. The van der Waals surface area contributed by atoms with Crippen LogP contribution in [0.3, 0.4) is 0 Å². The molecule has 0 saturated carbocycles. The molecule has 1 atom stereocenters. The van der Waals surface area contributed by atoms with Crippen LogP contribution >= 0.6 is 0 Å². The molecule has 7 nitrogen and oxygen atoms in total. The maximum atomic E-state index is 12.7. The molecule has 0 unspecified atom stereocenters. The van der Waals surface area contributed by atoms with Crippen molar-refractivity contribution < 1.29 is 4.74 Å². The minimum Gasteiger partial charge on any atom is -0.423 e. The smallest absolute Gasteiger partial charge is 0.333 e. The van der Waals surface area contributed by atoms with Gasteiger partial charge < -0.3 is 10.5 Å². The first-order valence-corrected chi connectivity index (χ1v) is 7.31. The zero-order valence-electron chi connectivity index (χ0n) is 13.5. The minimum atomic E-state index is -0.677. The average molecular weight is 324 g/mol. The first kappa shape index (κ1) is 15.6. The molecular formula is C17H16N4O3. The van der Waals surface area contributed by atoms with Crippen molar-refractivity contribution in [3.05, 3.63) is 73.3 Å². The lowest BCUT2D eigenvalue weighted by molar-refractivity contribution is 0.348. The molecule has 2 aromatic rings. The zero-order valence-corrected chi connectivity index (χ0v) is 13.5. The lowest BCUT2D eigenvalue weighted by atomic mass is 9.84. The molecule has 1 aliphatic heterocycles. The Morgan fingerprint density at radius 3 is 2.58 bits per heavy atom. The van der Waals surface area contributed by atoms with Crippen LogP contribution in [-0.4, -0.2) is 9.13 Å². The van der Waals surface area contributed by atoms with Crippen molar-refractivity contribution in [2.24, 2.45) is 19.8 Å². The first-order valence-electron chi connectivity index (χ1n) is 7.31. The molecule has 1 aromatic carbocycles. The summed E-state index contributed by atoms with van der Waals surface area (Å²) in [5, 5.41) is 9.53. The summed E-state index contributed by atoms with van der Waals surface area (Å²) in [7, 11) is 2.89. The number of hydrogen-bond donors (Lipinski definition) is 1. The van der Waals surface area contributed by atoms with E-state index in [1.54, 1.807) is 0 Å². The average Bonchev–Trinajstić information content (AvgIpc) is 2.57. The molecule has 0 radical (unpaired) electrons. The summed E-state index contributed by atoms with van der Waals surface area (Å²) in [4.78, 5) is 24.9. The molecule has 0 aliphatic carbocycles. The molecule has 1 aromatic heterocycles. The molecule has 2 N–H and O–H groups in total. The predicted molar refractivity (Wildman–Crippen MR) is 87.4 cm³/mol. The lowest BCUT2D eigenvalue weighted by Gasteiger charge is -2.27. The largest absolute Gasteiger partial charge is 0.423 e. The number of allylic oxidation sites excluding steroid dienone is 1. The molecule has 1 aliphatic rings. The molecule has 7 heteroatoms. The zero-order chi connectivity index (χ0) is 17.6. The minimum absolute atomic E-state index is 0.0751. The van der Waals surface area contributed by atoms with Crippen LogP contribution in [0.25, 0.3) is 0 Å². The maximum absolute atomic E-state index is 12.7. The fraction of sp³-hybridized carbons (Fsp3) is 0.235. The van der Waals surface area contributed by atoms with Crippen molar-refractivity contribution in [1.82, 2.24) is 9.13 Å². The van der Waals surface area contributed by atoms with Gasteiger partial charge in [0, 0.05) is 14.1 Å². The summed E-state index contributed by atoms with van der Waals surface area (Å²) in [6, 6.07) is 9.51. The Morgan fingerprint density at radius 1 is 1.25 bits per heavy atom. The van der Waals surface area contributed by atoms with Crippen molar-refractivity contribution in [2.75, 3.05) is 0 Å². The van der Waals surface area contributed by atoms with Gasteiger partial charge in [0.05, 0.1) is 11.5 Å². The van der Waals surface area contributed by atoms with Gasteiger partial charge >= 0.3 is 5.69 Å². The molecule has 0 amide bonds. The third-order valence-electron chi connectivity index (χ3n) is 4.19. The molecule has 0 bridgehead atoms. The van der Waals surface area contributed by atoms with Crippen molar-refractivity contribution >= 4 is 0 Å². The predicted octanol–water partition coefficient (Wildman–Crippen LogP) is 0.611. The van der Waals surface area contributed by atoms with Gasteiger partial charge in [0.25, 0.3) is 5.56 Å².